The maximum absolute atomic E-state index is 6.30. The van der Waals surface area contributed by atoms with E-state index in [1.54, 1.807) is 11.3 Å². The first kappa shape index (κ1) is 14.8. The van der Waals surface area contributed by atoms with E-state index in [9.17, 15) is 0 Å². The van der Waals surface area contributed by atoms with Crippen molar-refractivity contribution < 1.29 is 0 Å². The van der Waals surface area contributed by atoms with E-state index in [4.69, 9.17) is 23.2 Å². The summed E-state index contributed by atoms with van der Waals surface area (Å²) in [5.74, 6) is 0. The first-order chi connectivity index (χ1) is 9.20. The lowest BCUT2D eigenvalue weighted by Crippen LogP contribution is -2.24. The predicted octanol–water partition coefficient (Wildman–Crippen LogP) is 4.73. The molecule has 0 aliphatic heterocycles. The quantitative estimate of drug-likeness (QED) is 0.833. The first-order valence-electron chi connectivity index (χ1n) is 6.26. The van der Waals surface area contributed by atoms with Crippen molar-refractivity contribution in [2.45, 2.75) is 25.8 Å². The van der Waals surface area contributed by atoms with Gasteiger partial charge in [0, 0.05) is 33.6 Å². The van der Waals surface area contributed by atoms with E-state index >= 15 is 0 Å². The maximum Gasteiger partial charge on any atom is 0.0794 e. The van der Waals surface area contributed by atoms with E-state index in [2.05, 4.69) is 17.2 Å². The molecule has 0 saturated carbocycles. The second kappa shape index (κ2) is 7.25. The summed E-state index contributed by atoms with van der Waals surface area (Å²) in [5.41, 5.74) is 2.90. The van der Waals surface area contributed by atoms with Crippen LogP contribution in [0.3, 0.4) is 0 Å². The van der Waals surface area contributed by atoms with Crippen LogP contribution >= 0.6 is 34.5 Å². The molecule has 1 aromatic heterocycles. The zero-order valence-electron chi connectivity index (χ0n) is 10.7. The van der Waals surface area contributed by atoms with Gasteiger partial charge >= 0.3 is 0 Å². The number of nitrogens with one attached hydrogen (secondary N) is 1. The van der Waals surface area contributed by atoms with Crippen LogP contribution in [0.2, 0.25) is 10.0 Å². The molecule has 0 amide bonds. The number of nitrogens with zero attached hydrogens (tertiary/aromatic N) is 1. The van der Waals surface area contributed by atoms with Gasteiger partial charge in [-0.1, -0.05) is 30.1 Å². The van der Waals surface area contributed by atoms with Crippen LogP contribution in [-0.4, -0.2) is 11.5 Å². The molecule has 102 valence electrons. The third-order valence-electron chi connectivity index (χ3n) is 2.86. The molecular formula is C14H16Cl2N2S. The zero-order valence-corrected chi connectivity index (χ0v) is 13.0. The summed E-state index contributed by atoms with van der Waals surface area (Å²) in [4.78, 5) is 5.36. The smallest absolute Gasteiger partial charge is 0.0794 e. The van der Waals surface area contributed by atoms with Crippen LogP contribution in [0.1, 0.15) is 29.8 Å². The van der Waals surface area contributed by atoms with Crippen LogP contribution in [0, 0.1) is 0 Å². The Morgan fingerprint density at radius 3 is 2.89 bits per heavy atom. The Morgan fingerprint density at radius 2 is 2.21 bits per heavy atom. The highest BCUT2D eigenvalue weighted by molar-refractivity contribution is 7.09. The third-order valence-corrected chi connectivity index (χ3v) is 4.24. The molecule has 0 aliphatic carbocycles. The van der Waals surface area contributed by atoms with Crippen molar-refractivity contribution in [1.82, 2.24) is 10.3 Å². The third kappa shape index (κ3) is 4.18. The van der Waals surface area contributed by atoms with Gasteiger partial charge in [0.1, 0.15) is 0 Å². The Labute approximate surface area is 127 Å². The predicted molar refractivity (Wildman–Crippen MR) is 83.3 cm³/mol. The summed E-state index contributed by atoms with van der Waals surface area (Å²) in [5, 5.41) is 4.99. The van der Waals surface area contributed by atoms with E-state index in [1.165, 1.54) is 4.88 Å². The van der Waals surface area contributed by atoms with Gasteiger partial charge < -0.3 is 5.32 Å². The zero-order chi connectivity index (χ0) is 13.7. The molecule has 0 aliphatic rings. The van der Waals surface area contributed by atoms with Gasteiger partial charge in [0.15, 0.2) is 0 Å². The van der Waals surface area contributed by atoms with Crippen LogP contribution in [0.15, 0.2) is 29.9 Å². The minimum absolute atomic E-state index is 0.173. The van der Waals surface area contributed by atoms with E-state index in [1.807, 2.05) is 29.9 Å². The SMILES string of the molecule is CCCNC(Cc1cncs1)c1cc(Cl)ccc1Cl. The van der Waals surface area contributed by atoms with Crippen molar-refractivity contribution in [3.05, 3.63) is 50.4 Å². The van der Waals surface area contributed by atoms with E-state index in [0.29, 0.717) is 5.02 Å². The van der Waals surface area contributed by atoms with Crippen molar-refractivity contribution in [3.8, 4) is 0 Å². The number of thiazole rings is 1. The Kier molecular flexibility index (Phi) is 5.64. The van der Waals surface area contributed by atoms with Crippen LogP contribution in [0.25, 0.3) is 0 Å². The Hall–Kier alpha value is -0.610. The normalized spacial score (nSPS) is 12.6. The number of benzene rings is 1. The molecule has 0 radical (unpaired) electrons. The largest absolute Gasteiger partial charge is 0.310 e. The molecule has 0 bridgehead atoms. The van der Waals surface area contributed by atoms with Gasteiger partial charge in [0.2, 0.25) is 0 Å². The molecule has 5 heteroatoms. The van der Waals surface area contributed by atoms with Crippen molar-refractivity contribution >= 4 is 34.5 Å². The van der Waals surface area contributed by atoms with Crippen LogP contribution < -0.4 is 5.32 Å². The first-order valence-corrected chi connectivity index (χ1v) is 7.90. The number of aromatic nitrogens is 1. The molecule has 0 spiro atoms. The van der Waals surface area contributed by atoms with Crippen LogP contribution in [0.4, 0.5) is 0 Å². The minimum Gasteiger partial charge on any atom is -0.310 e. The number of hydrogen-bond donors (Lipinski definition) is 1. The van der Waals surface area contributed by atoms with Crippen LogP contribution in [0.5, 0.6) is 0 Å². The maximum atomic E-state index is 6.30. The molecule has 2 nitrogen and oxygen atoms in total. The lowest BCUT2D eigenvalue weighted by atomic mass is 10.0. The number of rotatable bonds is 6. The molecule has 0 saturated heterocycles. The van der Waals surface area contributed by atoms with Gasteiger partial charge in [-0.3, -0.25) is 4.98 Å². The summed E-state index contributed by atoms with van der Waals surface area (Å²) < 4.78 is 0. The number of hydrogen-bond acceptors (Lipinski definition) is 3. The molecule has 2 rings (SSSR count). The highest BCUT2D eigenvalue weighted by Crippen LogP contribution is 2.29. The molecule has 2 aromatic rings. The molecule has 1 heterocycles. The fraction of sp³-hybridized carbons (Fsp3) is 0.357. The van der Waals surface area contributed by atoms with Crippen LogP contribution in [-0.2, 0) is 6.42 Å². The highest BCUT2D eigenvalue weighted by Gasteiger charge is 2.16. The summed E-state index contributed by atoms with van der Waals surface area (Å²) >= 11 is 14.0. The summed E-state index contributed by atoms with van der Waals surface area (Å²) in [7, 11) is 0. The lowest BCUT2D eigenvalue weighted by molar-refractivity contribution is 0.532. The van der Waals surface area contributed by atoms with Gasteiger partial charge in [-0.05, 0) is 36.7 Å². The van der Waals surface area contributed by atoms with Gasteiger partial charge in [-0.25, -0.2) is 0 Å². The summed E-state index contributed by atoms with van der Waals surface area (Å²) in [6.45, 7) is 3.10. The van der Waals surface area contributed by atoms with Gasteiger partial charge in [-0.15, -0.1) is 11.3 Å². The molecule has 0 fully saturated rings. The van der Waals surface area contributed by atoms with Crippen molar-refractivity contribution in [3.63, 3.8) is 0 Å². The van der Waals surface area contributed by atoms with Gasteiger partial charge in [0.05, 0.1) is 5.51 Å². The van der Waals surface area contributed by atoms with E-state index in [0.717, 1.165) is 30.0 Å². The monoisotopic (exact) mass is 314 g/mol. The molecule has 19 heavy (non-hydrogen) atoms. The fourth-order valence-corrected chi connectivity index (χ4v) is 3.01. The van der Waals surface area contributed by atoms with Crippen molar-refractivity contribution in [2.24, 2.45) is 0 Å². The lowest BCUT2D eigenvalue weighted by Gasteiger charge is -2.19. The van der Waals surface area contributed by atoms with Crippen molar-refractivity contribution in [2.75, 3.05) is 6.54 Å². The van der Waals surface area contributed by atoms with Crippen molar-refractivity contribution in [1.29, 1.82) is 0 Å². The van der Waals surface area contributed by atoms with E-state index < -0.39 is 0 Å². The average molecular weight is 315 g/mol. The van der Waals surface area contributed by atoms with Gasteiger partial charge in [0.25, 0.3) is 0 Å². The minimum atomic E-state index is 0.173. The molecular weight excluding hydrogens is 299 g/mol. The molecule has 1 unspecified atom stereocenters. The second-order valence-corrected chi connectivity index (χ2v) is 6.16. The molecule has 1 aromatic carbocycles. The molecule has 1 N–H and O–H groups in total. The summed E-state index contributed by atoms with van der Waals surface area (Å²) in [6, 6.07) is 5.79. The highest BCUT2D eigenvalue weighted by atomic mass is 35.5. The summed E-state index contributed by atoms with van der Waals surface area (Å²) in [6.07, 6.45) is 3.87. The fourth-order valence-electron chi connectivity index (χ4n) is 1.94. The number of halogens is 2. The Bertz CT molecular complexity index is 514. The standard InChI is InChI=1S/C14H16Cl2N2S/c1-2-5-18-14(7-11-8-17-9-19-11)12-6-10(15)3-4-13(12)16/h3-4,6,8-9,14,18H,2,5,7H2,1H3. The topological polar surface area (TPSA) is 24.9 Å². The Balaban J connectivity index is 2.23. The van der Waals surface area contributed by atoms with E-state index in [-0.39, 0.29) is 6.04 Å². The molecule has 1 atom stereocenters. The Morgan fingerprint density at radius 1 is 1.37 bits per heavy atom. The van der Waals surface area contributed by atoms with Gasteiger partial charge in [-0.2, -0.15) is 0 Å². The second-order valence-electron chi connectivity index (χ2n) is 4.34. The average Bonchev–Trinajstić information content (AvgIpc) is 2.90.